The van der Waals surface area contributed by atoms with Gasteiger partial charge in [0.25, 0.3) is 5.91 Å². The number of Topliss-reactive ketones (excluding diaryl/α,β-unsaturated/α-hetero) is 1. The summed E-state index contributed by atoms with van der Waals surface area (Å²) in [6.07, 6.45) is -5.35. The van der Waals surface area contributed by atoms with Crippen molar-refractivity contribution in [3.05, 3.63) is 47.2 Å². The minimum absolute atomic E-state index is 0.0530. The van der Waals surface area contributed by atoms with E-state index in [1.807, 2.05) is 5.32 Å². The molecule has 8 heteroatoms. The molecule has 5 nitrogen and oxygen atoms in total. The van der Waals surface area contributed by atoms with E-state index in [1.165, 1.54) is 0 Å². The van der Waals surface area contributed by atoms with E-state index in [0.717, 1.165) is 4.90 Å². The SMILES string of the molecule is CC(C)CC(=O)N[C@]1(C(F)(F)F)C(=O)N(Cc2ccccc2)C2=C1C(=O)CC(C)(C)C2. The summed E-state index contributed by atoms with van der Waals surface area (Å²) in [7, 11) is 0. The molecular weight excluding hydrogens is 409 g/mol. The maximum Gasteiger partial charge on any atom is 0.425 e. The lowest BCUT2D eigenvalue weighted by Gasteiger charge is -2.35. The number of halogens is 3. The highest BCUT2D eigenvalue weighted by Crippen LogP contribution is 2.52. The molecule has 1 heterocycles. The lowest BCUT2D eigenvalue weighted by atomic mass is 9.72. The summed E-state index contributed by atoms with van der Waals surface area (Å²) in [6.45, 7) is 6.84. The molecule has 1 aromatic rings. The van der Waals surface area contributed by atoms with Crippen LogP contribution in [0.3, 0.4) is 0 Å². The molecule has 0 aromatic heterocycles. The third kappa shape index (κ3) is 4.12. The van der Waals surface area contributed by atoms with Crippen LogP contribution < -0.4 is 5.32 Å². The Morgan fingerprint density at radius 2 is 1.74 bits per heavy atom. The van der Waals surface area contributed by atoms with E-state index < -0.39 is 40.3 Å². The Bertz CT molecular complexity index is 935. The van der Waals surface area contributed by atoms with Crippen molar-refractivity contribution in [2.75, 3.05) is 0 Å². The first-order chi connectivity index (χ1) is 14.3. The van der Waals surface area contributed by atoms with Crippen molar-refractivity contribution in [3.63, 3.8) is 0 Å². The van der Waals surface area contributed by atoms with Crippen LogP contribution in [0.1, 0.15) is 52.5 Å². The summed E-state index contributed by atoms with van der Waals surface area (Å²) in [6, 6.07) is 8.62. The molecule has 1 aliphatic heterocycles. The van der Waals surface area contributed by atoms with Gasteiger partial charge in [-0.2, -0.15) is 13.2 Å². The van der Waals surface area contributed by atoms with Gasteiger partial charge >= 0.3 is 6.18 Å². The molecule has 1 aliphatic carbocycles. The van der Waals surface area contributed by atoms with E-state index in [1.54, 1.807) is 58.0 Å². The number of hydrogen-bond donors (Lipinski definition) is 1. The van der Waals surface area contributed by atoms with Crippen LogP contribution in [0.25, 0.3) is 0 Å². The Balaban J connectivity index is 2.17. The van der Waals surface area contributed by atoms with Gasteiger partial charge in [-0.05, 0) is 23.3 Å². The van der Waals surface area contributed by atoms with Gasteiger partial charge in [-0.15, -0.1) is 0 Å². The highest BCUT2D eigenvalue weighted by Gasteiger charge is 2.71. The fraction of sp³-hybridized carbons (Fsp3) is 0.522. The quantitative estimate of drug-likeness (QED) is 0.755. The van der Waals surface area contributed by atoms with Crippen LogP contribution in [0.4, 0.5) is 13.2 Å². The molecule has 1 N–H and O–H groups in total. The second-order valence-electron chi connectivity index (χ2n) is 9.53. The number of alkyl halides is 3. The molecular formula is C23H27F3N2O3. The van der Waals surface area contributed by atoms with Crippen LogP contribution in [-0.2, 0) is 20.9 Å². The van der Waals surface area contributed by atoms with Gasteiger partial charge in [0.15, 0.2) is 5.78 Å². The molecule has 0 spiro atoms. The molecule has 0 saturated carbocycles. The molecule has 0 bridgehead atoms. The third-order valence-corrected chi connectivity index (χ3v) is 5.65. The van der Waals surface area contributed by atoms with Gasteiger partial charge in [0.1, 0.15) is 0 Å². The first-order valence-corrected chi connectivity index (χ1v) is 10.3. The number of nitrogens with one attached hydrogen (secondary N) is 1. The summed E-state index contributed by atoms with van der Waals surface area (Å²) in [5, 5.41) is 1.95. The summed E-state index contributed by atoms with van der Waals surface area (Å²) in [4.78, 5) is 39.9. The van der Waals surface area contributed by atoms with Crippen LogP contribution in [0, 0.1) is 11.3 Å². The summed E-state index contributed by atoms with van der Waals surface area (Å²) >= 11 is 0. The van der Waals surface area contributed by atoms with Gasteiger partial charge < -0.3 is 10.2 Å². The molecule has 0 fully saturated rings. The number of benzene rings is 1. The first-order valence-electron chi connectivity index (χ1n) is 10.3. The van der Waals surface area contributed by atoms with Crippen molar-refractivity contribution in [2.45, 2.75) is 65.2 Å². The van der Waals surface area contributed by atoms with E-state index in [-0.39, 0.29) is 37.4 Å². The van der Waals surface area contributed by atoms with Crippen LogP contribution in [-0.4, -0.2) is 34.2 Å². The molecule has 3 rings (SSSR count). The highest BCUT2D eigenvalue weighted by molar-refractivity contribution is 6.13. The van der Waals surface area contributed by atoms with E-state index in [4.69, 9.17) is 0 Å². The Hall–Kier alpha value is -2.64. The van der Waals surface area contributed by atoms with E-state index in [9.17, 15) is 27.6 Å². The van der Waals surface area contributed by atoms with Gasteiger partial charge in [-0.25, -0.2) is 0 Å². The van der Waals surface area contributed by atoms with E-state index in [0.29, 0.717) is 5.56 Å². The number of rotatable bonds is 5. The number of amides is 2. The van der Waals surface area contributed by atoms with Crippen LogP contribution in [0.5, 0.6) is 0 Å². The Kier molecular flexibility index (Phi) is 5.80. The molecule has 168 valence electrons. The Labute approximate surface area is 179 Å². The van der Waals surface area contributed by atoms with Gasteiger partial charge in [0.05, 0.1) is 12.1 Å². The average Bonchev–Trinajstić information content (AvgIpc) is 2.84. The predicted molar refractivity (Wildman–Crippen MR) is 108 cm³/mol. The lowest BCUT2D eigenvalue weighted by molar-refractivity contribution is -0.195. The molecule has 1 atom stereocenters. The van der Waals surface area contributed by atoms with Gasteiger partial charge in [-0.3, -0.25) is 14.4 Å². The predicted octanol–water partition coefficient (Wildman–Crippen LogP) is 4.14. The molecule has 0 radical (unpaired) electrons. The molecule has 2 amide bonds. The Morgan fingerprint density at radius 3 is 2.29 bits per heavy atom. The molecule has 31 heavy (non-hydrogen) atoms. The largest absolute Gasteiger partial charge is 0.425 e. The zero-order chi connectivity index (χ0) is 23.2. The zero-order valence-corrected chi connectivity index (χ0v) is 18.1. The minimum atomic E-state index is -5.17. The normalized spacial score (nSPS) is 23.4. The second kappa shape index (κ2) is 7.80. The number of carbonyl (C=O) groups excluding carboxylic acids is 3. The highest BCUT2D eigenvalue weighted by atomic mass is 19.4. The molecule has 0 unspecified atom stereocenters. The topological polar surface area (TPSA) is 66.5 Å². The zero-order valence-electron chi connectivity index (χ0n) is 18.1. The number of nitrogens with zero attached hydrogens (tertiary/aromatic N) is 1. The van der Waals surface area contributed by atoms with Crippen LogP contribution in [0.15, 0.2) is 41.6 Å². The van der Waals surface area contributed by atoms with Crippen LogP contribution >= 0.6 is 0 Å². The van der Waals surface area contributed by atoms with Gasteiger partial charge in [0, 0.05) is 18.5 Å². The molecule has 1 aromatic carbocycles. The van der Waals surface area contributed by atoms with Crippen molar-refractivity contribution in [2.24, 2.45) is 11.3 Å². The number of hydrogen-bond acceptors (Lipinski definition) is 3. The van der Waals surface area contributed by atoms with Crippen molar-refractivity contribution in [1.82, 2.24) is 10.2 Å². The summed E-state index contributed by atoms with van der Waals surface area (Å²) < 4.78 is 43.7. The minimum Gasteiger partial charge on any atom is -0.330 e. The van der Waals surface area contributed by atoms with Crippen molar-refractivity contribution >= 4 is 17.6 Å². The maximum atomic E-state index is 14.6. The maximum absolute atomic E-state index is 14.6. The average molecular weight is 436 g/mol. The lowest BCUT2D eigenvalue weighted by Crippen LogP contribution is -2.66. The number of allylic oxidation sites excluding steroid dienone is 1. The second-order valence-corrected chi connectivity index (χ2v) is 9.53. The summed E-state index contributed by atoms with van der Waals surface area (Å²) in [5.41, 5.74) is -3.90. The van der Waals surface area contributed by atoms with Crippen molar-refractivity contribution in [3.8, 4) is 0 Å². The monoisotopic (exact) mass is 436 g/mol. The number of ketones is 1. The standard InChI is InChI=1S/C23H27F3N2O3/c1-14(2)10-18(30)27-22(23(24,25)26)19-16(11-21(3,4)12-17(19)29)28(20(22)31)13-15-8-6-5-7-9-15/h5-9,14H,10-13H2,1-4H3,(H,27,30)/t22-/m0/s1. The van der Waals surface area contributed by atoms with Crippen molar-refractivity contribution in [1.29, 1.82) is 0 Å². The van der Waals surface area contributed by atoms with E-state index >= 15 is 0 Å². The fourth-order valence-electron chi connectivity index (χ4n) is 4.39. The smallest absolute Gasteiger partial charge is 0.330 e. The van der Waals surface area contributed by atoms with Crippen LogP contribution in [0.2, 0.25) is 0 Å². The van der Waals surface area contributed by atoms with E-state index in [2.05, 4.69) is 0 Å². The summed E-state index contributed by atoms with van der Waals surface area (Å²) in [5.74, 6) is -3.20. The van der Waals surface area contributed by atoms with Gasteiger partial charge in [0.2, 0.25) is 11.4 Å². The van der Waals surface area contributed by atoms with Gasteiger partial charge in [-0.1, -0.05) is 58.0 Å². The third-order valence-electron chi connectivity index (χ3n) is 5.65. The molecule has 2 aliphatic rings. The fourth-order valence-corrected chi connectivity index (χ4v) is 4.39. The Morgan fingerprint density at radius 1 is 1.13 bits per heavy atom. The first kappa shape index (κ1) is 23.0. The van der Waals surface area contributed by atoms with Crippen molar-refractivity contribution < 1.29 is 27.6 Å². The number of carbonyl (C=O) groups is 3. The molecule has 0 saturated heterocycles.